The number of anilines is 4. The molecule has 0 spiro atoms. The van der Waals surface area contributed by atoms with Gasteiger partial charge in [0.1, 0.15) is 0 Å². The van der Waals surface area contributed by atoms with Crippen molar-refractivity contribution >= 4 is 22.7 Å². The molecule has 0 saturated carbocycles. The van der Waals surface area contributed by atoms with Gasteiger partial charge >= 0.3 is 0 Å². The molecule has 0 bridgehead atoms. The van der Waals surface area contributed by atoms with Crippen LogP contribution in [0.15, 0.2) is 109 Å². The Morgan fingerprint density at radius 2 is 0.733 bits per heavy atom. The van der Waals surface area contributed by atoms with E-state index in [0.717, 1.165) is 0 Å². The van der Waals surface area contributed by atoms with Crippen LogP contribution in [0, 0.1) is 13.8 Å². The van der Waals surface area contributed by atoms with Crippen LogP contribution in [-0.4, -0.2) is 14.1 Å². The van der Waals surface area contributed by atoms with Gasteiger partial charge in [0, 0.05) is 36.8 Å². The second kappa shape index (κ2) is 10.3. The van der Waals surface area contributed by atoms with Crippen LogP contribution in [0.4, 0.5) is 22.7 Å². The number of para-hydroxylation sites is 2. The fraction of sp³-hybridized carbons (Fsp3) is 0.143. The summed E-state index contributed by atoms with van der Waals surface area (Å²) in [6.45, 7) is 4.24. The van der Waals surface area contributed by atoms with Crippen molar-refractivity contribution in [3.8, 4) is 0 Å². The minimum Gasteiger partial charge on any atom is -0.345 e. The van der Waals surface area contributed by atoms with E-state index in [1.807, 2.05) is 12.1 Å². The molecule has 0 atom stereocenters. The van der Waals surface area contributed by atoms with Crippen molar-refractivity contribution in [2.75, 3.05) is 23.9 Å². The maximum Gasteiger partial charge on any atom is 0.0410 e. The molecule has 0 heterocycles. The van der Waals surface area contributed by atoms with E-state index in [-0.39, 0.29) is 0 Å². The van der Waals surface area contributed by atoms with E-state index in [0.29, 0.717) is 0 Å². The van der Waals surface area contributed by atoms with E-state index in [2.05, 4.69) is 135 Å². The molecule has 4 rings (SSSR count). The number of nitrogens with zero attached hydrogens (tertiary/aromatic N) is 2. The Bertz CT molecular complexity index is 957. The van der Waals surface area contributed by atoms with E-state index in [9.17, 15) is 0 Å². The van der Waals surface area contributed by atoms with Gasteiger partial charge in [-0.1, -0.05) is 60.7 Å². The first kappa shape index (κ1) is 21.2. The molecular formula is C28H30N2. The third-order valence-corrected chi connectivity index (χ3v) is 5.06. The molecule has 152 valence electrons. The standard InChI is InChI=1S/C15H17N.C13H13N/c1-12-6-4-8-14(10-12)16(3)15-9-5-7-13(2)11-15;1-14(12-8-4-2-5-9-12)13-10-6-3-7-11-13/h4-11H,1-3H3;2-11H,1H3. The number of aryl methyl sites for hydroxylation is 2. The molecule has 0 aliphatic rings. The first-order valence-corrected chi connectivity index (χ1v) is 10.3. The zero-order valence-corrected chi connectivity index (χ0v) is 18.3. The Morgan fingerprint density at radius 3 is 1.10 bits per heavy atom. The highest BCUT2D eigenvalue weighted by Gasteiger charge is 2.03. The van der Waals surface area contributed by atoms with Crippen molar-refractivity contribution in [1.82, 2.24) is 0 Å². The van der Waals surface area contributed by atoms with E-state index in [4.69, 9.17) is 0 Å². The van der Waals surface area contributed by atoms with Crippen LogP contribution in [-0.2, 0) is 0 Å². The second-order valence-electron chi connectivity index (χ2n) is 7.47. The summed E-state index contributed by atoms with van der Waals surface area (Å²) in [6, 6.07) is 37.8. The zero-order chi connectivity index (χ0) is 21.3. The van der Waals surface area contributed by atoms with Crippen LogP contribution in [0.2, 0.25) is 0 Å². The minimum atomic E-state index is 1.21. The monoisotopic (exact) mass is 394 g/mol. The maximum atomic E-state index is 2.21. The summed E-state index contributed by atoms with van der Waals surface area (Å²) in [5.41, 5.74) is 7.45. The van der Waals surface area contributed by atoms with Crippen LogP contribution < -0.4 is 9.80 Å². The average Bonchev–Trinajstić information content (AvgIpc) is 2.80. The molecule has 4 aromatic rings. The highest BCUT2D eigenvalue weighted by Crippen LogP contribution is 2.24. The number of hydrogen-bond donors (Lipinski definition) is 0. The van der Waals surface area contributed by atoms with E-state index < -0.39 is 0 Å². The maximum absolute atomic E-state index is 2.21. The van der Waals surface area contributed by atoms with Crippen molar-refractivity contribution in [3.05, 3.63) is 120 Å². The first-order valence-electron chi connectivity index (χ1n) is 10.3. The predicted molar refractivity (Wildman–Crippen MR) is 131 cm³/mol. The van der Waals surface area contributed by atoms with Gasteiger partial charge < -0.3 is 9.80 Å². The average molecular weight is 395 g/mol. The van der Waals surface area contributed by atoms with Gasteiger partial charge in [0.05, 0.1) is 0 Å². The van der Waals surface area contributed by atoms with Crippen molar-refractivity contribution in [2.24, 2.45) is 0 Å². The lowest BCUT2D eigenvalue weighted by Gasteiger charge is -2.20. The van der Waals surface area contributed by atoms with Crippen molar-refractivity contribution in [1.29, 1.82) is 0 Å². The lowest BCUT2D eigenvalue weighted by molar-refractivity contribution is 1.19. The van der Waals surface area contributed by atoms with Gasteiger partial charge in [0.25, 0.3) is 0 Å². The normalized spacial score (nSPS) is 10.0. The molecule has 0 amide bonds. The van der Waals surface area contributed by atoms with Crippen molar-refractivity contribution in [3.63, 3.8) is 0 Å². The van der Waals surface area contributed by atoms with Crippen LogP contribution in [0.5, 0.6) is 0 Å². The molecule has 2 heteroatoms. The third kappa shape index (κ3) is 5.74. The quantitative estimate of drug-likeness (QED) is 0.353. The number of benzene rings is 4. The molecule has 0 N–H and O–H groups in total. The summed E-state index contributed by atoms with van der Waals surface area (Å²) in [5, 5.41) is 0. The number of rotatable bonds is 4. The lowest BCUT2D eigenvalue weighted by atomic mass is 10.1. The summed E-state index contributed by atoms with van der Waals surface area (Å²) in [7, 11) is 4.17. The third-order valence-electron chi connectivity index (χ3n) is 5.06. The summed E-state index contributed by atoms with van der Waals surface area (Å²) >= 11 is 0. The van der Waals surface area contributed by atoms with E-state index in [1.165, 1.54) is 33.9 Å². The Hall–Kier alpha value is -3.52. The van der Waals surface area contributed by atoms with E-state index in [1.54, 1.807) is 0 Å². The van der Waals surface area contributed by atoms with Gasteiger partial charge in [-0.25, -0.2) is 0 Å². The molecule has 0 saturated heterocycles. The Labute approximate surface area is 181 Å². The van der Waals surface area contributed by atoms with Crippen molar-refractivity contribution in [2.45, 2.75) is 13.8 Å². The highest BCUT2D eigenvalue weighted by atomic mass is 15.1. The Morgan fingerprint density at radius 1 is 0.400 bits per heavy atom. The molecule has 0 unspecified atom stereocenters. The van der Waals surface area contributed by atoms with Gasteiger partial charge in [-0.15, -0.1) is 0 Å². The summed E-state index contributed by atoms with van der Waals surface area (Å²) < 4.78 is 0. The predicted octanol–water partition coefficient (Wildman–Crippen LogP) is 7.53. The van der Waals surface area contributed by atoms with Crippen LogP contribution in [0.1, 0.15) is 11.1 Å². The fourth-order valence-corrected chi connectivity index (χ4v) is 3.27. The van der Waals surface area contributed by atoms with Crippen LogP contribution >= 0.6 is 0 Å². The summed E-state index contributed by atoms with van der Waals surface area (Å²) in [4.78, 5) is 4.38. The van der Waals surface area contributed by atoms with Crippen LogP contribution in [0.25, 0.3) is 0 Å². The SMILES string of the molecule is CN(c1ccccc1)c1ccccc1.Cc1cccc(N(C)c2cccc(C)c2)c1. The molecule has 0 aliphatic heterocycles. The highest BCUT2D eigenvalue weighted by molar-refractivity contribution is 5.63. The van der Waals surface area contributed by atoms with Gasteiger partial charge in [0.2, 0.25) is 0 Å². The molecule has 0 fully saturated rings. The Kier molecular flexibility index (Phi) is 7.29. The Balaban J connectivity index is 0.000000172. The largest absolute Gasteiger partial charge is 0.345 e. The van der Waals surface area contributed by atoms with Crippen molar-refractivity contribution < 1.29 is 0 Å². The first-order chi connectivity index (χ1) is 14.5. The van der Waals surface area contributed by atoms with E-state index >= 15 is 0 Å². The van der Waals surface area contributed by atoms with Gasteiger partial charge in [-0.05, 0) is 73.5 Å². The summed E-state index contributed by atoms with van der Waals surface area (Å²) in [6.07, 6.45) is 0. The minimum absolute atomic E-state index is 1.21. The molecule has 0 aromatic heterocycles. The second-order valence-corrected chi connectivity index (χ2v) is 7.47. The van der Waals surface area contributed by atoms with Gasteiger partial charge in [-0.2, -0.15) is 0 Å². The molecular weight excluding hydrogens is 364 g/mol. The lowest BCUT2D eigenvalue weighted by Crippen LogP contribution is -2.09. The smallest absolute Gasteiger partial charge is 0.0410 e. The topological polar surface area (TPSA) is 6.48 Å². The van der Waals surface area contributed by atoms with Gasteiger partial charge in [-0.3, -0.25) is 0 Å². The molecule has 0 aliphatic carbocycles. The summed E-state index contributed by atoms with van der Waals surface area (Å²) in [5.74, 6) is 0. The molecule has 4 aromatic carbocycles. The van der Waals surface area contributed by atoms with Crippen LogP contribution in [0.3, 0.4) is 0 Å². The fourth-order valence-electron chi connectivity index (χ4n) is 3.27. The number of hydrogen-bond acceptors (Lipinski definition) is 2. The van der Waals surface area contributed by atoms with Gasteiger partial charge in [0.15, 0.2) is 0 Å². The molecule has 30 heavy (non-hydrogen) atoms. The zero-order valence-electron chi connectivity index (χ0n) is 18.3. The molecule has 2 nitrogen and oxygen atoms in total. The molecule has 0 radical (unpaired) electrons.